The normalized spacial score (nSPS) is 10.4. The average molecular weight is 398 g/mol. The zero-order valence-electron chi connectivity index (χ0n) is 16.4. The third-order valence-electron chi connectivity index (χ3n) is 4.22. The molecule has 0 radical (unpaired) electrons. The predicted octanol–water partition coefficient (Wildman–Crippen LogP) is 1.48. The fraction of sp³-hybridized carbons (Fsp3) is 0.263. The van der Waals surface area contributed by atoms with Crippen LogP contribution in [-0.4, -0.2) is 46.1 Å². The maximum absolute atomic E-state index is 12.4. The number of ether oxygens (including phenoxy) is 2. The molecule has 2 heterocycles. The number of hydrogen-bond acceptors (Lipinski definition) is 6. The van der Waals surface area contributed by atoms with Gasteiger partial charge in [-0.05, 0) is 24.3 Å². The van der Waals surface area contributed by atoms with Crippen molar-refractivity contribution in [2.75, 3.05) is 26.1 Å². The molecule has 1 aromatic carbocycles. The number of amides is 2. The average Bonchev–Trinajstić information content (AvgIpc) is 3.02. The van der Waals surface area contributed by atoms with Crippen LogP contribution in [0.1, 0.15) is 0 Å². The molecule has 0 atom stereocenters. The molecule has 0 fully saturated rings. The highest BCUT2D eigenvalue weighted by Gasteiger charge is 2.14. The monoisotopic (exact) mass is 398 g/mol. The number of anilines is 1. The summed E-state index contributed by atoms with van der Waals surface area (Å²) in [5, 5.41) is 9.73. The summed E-state index contributed by atoms with van der Waals surface area (Å²) in [5.41, 5.74) is 0.931. The van der Waals surface area contributed by atoms with Crippen LogP contribution in [0.2, 0.25) is 0 Å². The van der Waals surface area contributed by atoms with Gasteiger partial charge in [-0.1, -0.05) is 6.07 Å². The van der Waals surface area contributed by atoms with Crippen LogP contribution in [0.25, 0.3) is 11.4 Å². The Labute approximate surface area is 167 Å². The van der Waals surface area contributed by atoms with Crippen LogP contribution in [0.5, 0.6) is 11.5 Å². The smallest absolute Gasteiger partial charge is 0.345 e. The summed E-state index contributed by atoms with van der Waals surface area (Å²) in [6, 6.07) is 8.33. The predicted molar refractivity (Wildman–Crippen MR) is 107 cm³/mol. The van der Waals surface area contributed by atoms with E-state index in [1.54, 1.807) is 43.7 Å². The fourth-order valence-electron chi connectivity index (χ4n) is 2.81. The molecule has 0 aliphatic carbocycles. The van der Waals surface area contributed by atoms with Gasteiger partial charge in [0.05, 0.1) is 26.5 Å². The molecule has 0 aliphatic heterocycles. The van der Waals surface area contributed by atoms with E-state index in [0.717, 1.165) is 5.56 Å². The van der Waals surface area contributed by atoms with Crippen molar-refractivity contribution >= 4 is 11.7 Å². The van der Waals surface area contributed by atoms with E-state index in [-0.39, 0.29) is 18.8 Å². The highest BCUT2D eigenvalue weighted by Crippen LogP contribution is 2.34. The number of rotatable bonds is 7. The molecule has 2 aromatic heterocycles. The van der Waals surface area contributed by atoms with Crippen LogP contribution in [0.4, 0.5) is 10.5 Å². The van der Waals surface area contributed by atoms with E-state index in [0.29, 0.717) is 23.0 Å². The molecular weight excluding hydrogens is 376 g/mol. The summed E-state index contributed by atoms with van der Waals surface area (Å²) in [6.07, 6.45) is 3.29. The van der Waals surface area contributed by atoms with Crippen molar-refractivity contribution in [3.05, 3.63) is 53.2 Å². The maximum Gasteiger partial charge on any atom is 0.345 e. The number of carbonyl (C=O) groups excluding carboxylic acids is 1. The van der Waals surface area contributed by atoms with Gasteiger partial charge in [-0.3, -0.25) is 9.55 Å². The molecule has 0 saturated heterocycles. The van der Waals surface area contributed by atoms with Gasteiger partial charge in [-0.2, -0.15) is 0 Å². The highest BCUT2D eigenvalue weighted by atomic mass is 16.5. The number of carbonyl (C=O) groups is 1. The van der Waals surface area contributed by atoms with Gasteiger partial charge in [0, 0.05) is 31.5 Å². The van der Waals surface area contributed by atoms with Crippen molar-refractivity contribution in [2.24, 2.45) is 7.05 Å². The van der Waals surface area contributed by atoms with Crippen molar-refractivity contribution in [3.8, 4) is 22.9 Å². The summed E-state index contributed by atoms with van der Waals surface area (Å²) in [7, 11) is 4.66. The molecule has 3 aromatic rings. The zero-order valence-corrected chi connectivity index (χ0v) is 16.4. The number of para-hydroxylation sites is 1. The van der Waals surface area contributed by atoms with E-state index in [1.807, 2.05) is 6.07 Å². The summed E-state index contributed by atoms with van der Waals surface area (Å²) in [4.78, 5) is 28.6. The van der Waals surface area contributed by atoms with Gasteiger partial charge in [-0.25, -0.2) is 14.3 Å². The Morgan fingerprint density at radius 1 is 1.17 bits per heavy atom. The number of urea groups is 1. The molecule has 2 amide bonds. The molecule has 3 rings (SSSR count). The third-order valence-corrected chi connectivity index (χ3v) is 4.22. The first-order chi connectivity index (χ1) is 14.0. The molecule has 0 spiro atoms. The number of nitrogens with zero attached hydrogens (tertiary/aromatic N) is 4. The minimum absolute atomic E-state index is 0.210. The summed E-state index contributed by atoms with van der Waals surface area (Å²) >= 11 is 0. The third kappa shape index (κ3) is 4.37. The van der Waals surface area contributed by atoms with E-state index >= 15 is 0 Å². The zero-order chi connectivity index (χ0) is 20.8. The lowest BCUT2D eigenvalue weighted by Gasteiger charge is -2.13. The molecule has 0 bridgehead atoms. The summed E-state index contributed by atoms with van der Waals surface area (Å²) < 4.78 is 13.2. The lowest BCUT2D eigenvalue weighted by molar-refractivity contribution is 0.251. The van der Waals surface area contributed by atoms with Crippen LogP contribution < -0.4 is 25.8 Å². The Balaban J connectivity index is 1.62. The standard InChI is InChI=1S/C19H22N6O4/c1-24-17(13-6-5-9-20-12-13)23-25(19(24)27)11-10-21-18(26)22-14-7-4-8-15(28-2)16(14)29-3/h4-9,12H,10-11H2,1-3H3,(H2,21,22,26). The van der Waals surface area contributed by atoms with Gasteiger partial charge in [0.15, 0.2) is 17.3 Å². The SMILES string of the molecule is COc1cccc(NC(=O)NCCn2nc(-c3cccnc3)n(C)c2=O)c1OC. The largest absolute Gasteiger partial charge is 0.493 e. The lowest BCUT2D eigenvalue weighted by atomic mass is 10.2. The number of nitrogens with one attached hydrogen (secondary N) is 2. The van der Waals surface area contributed by atoms with Gasteiger partial charge in [0.25, 0.3) is 0 Å². The van der Waals surface area contributed by atoms with Crippen molar-refractivity contribution in [3.63, 3.8) is 0 Å². The molecule has 0 unspecified atom stereocenters. The van der Waals surface area contributed by atoms with E-state index in [1.165, 1.54) is 23.5 Å². The minimum Gasteiger partial charge on any atom is -0.493 e. The first kappa shape index (κ1) is 19.9. The van der Waals surface area contributed by atoms with Gasteiger partial charge in [0.2, 0.25) is 0 Å². The topological polar surface area (TPSA) is 112 Å². The second kappa shape index (κ2) is 8.91. The Morgan fingerprint density at radius 3 is 2.69 bits per heavy atom. The molecule has 0 aliphatic rings. The van der Waals surface area contributed by atoms with Crippen LogP contribution in [-0.2, 0) is 13.6 Å². The fourth-order valence-corrected chi connectivity index (χ4v) is 2.81. The van der Waals surface area contributed by atoms with E-state index in [4.69, 9.17) is 9.47 Å². The van der Waals surface area contributed by atoms with Crippen LogP contribution in [0, 0.1) is 0 Å². The molecule has 10 nitrogen and oxygen atoms in total. The van der Waals surface area contributed by atoms with Crippen LogP contribution in [0.3, 0.4) is 0 Å². The Kier molecular flexibility index (Phi) is 6.12. The van der Waals surface area contributed by atoms with Gasteiger partial charge in [-0.15, -0.1) is 5.10 Å². The Bertz CT molecular complexity index is 1040. The molecule has 10 heteroatoms. The quantitative estimate of drug-likeness (QED) is 0.623. The lowest BCUT2D eigenvalue weighted by Crippen LogP contribution is -2.34. The van der Waals surface area contributed by atoms with E-state index in [2.05, 4.69) is 20.7 Å². The van der Waals surface area contributed by atoms with Crippen LogP contribution >= 0.6 is 0 Å². The van der Waals surface area contributed by atoms with Gasteiger partial charge >= 0.3 is 11.7 Å². The van der Waals surface area contributed by atoms with Gasteiger partial charge in [0.1, 0.15) is 0 Å². The second-order valence-corrected chi connectivity index (χ2v) is 6.05. The molecule has 152 valence electrons. The van der Waals surface area contributed by atoms with E-state index in [9.17, 15) is 9.59 Å². The number of methoxy groups -OCH3 is 2. The Morgan fingerprint density at radius 2 is 2.00 bits per heavy atom. The number of hydrogen-bond donors (Lipinski definition) is 2. The number of aromatic nitrogens is 4. The summed E-state index contributed by atoms with van der Waals surface area (Å²) in [6.45, 7) is 0.428. The van der Waals surface area contributed by atoms with Crippen molar-refractivity contribution < 1.29 is 14.3 Å². The van der Waals surface area contributed by atoms with Gasteiger partial charge < -0.3 is 20.1 Å². The first-order valence-electron chi connectivity index (χ1n) is 8.85. The molecule has 0 saturated carbocycles. The number of pyridine rings is 1. The summed E-state index contributed by atoms with van der Waals surface area (Å²) in [5.74, 6) is 1.44. The maximum atomic E-state index is 12.4. The highest BCUT2D eigenvalue weighted by molar-refractivity contribution is 5.91. The first-order valence-corrected chi connectivity index (χ1v) is 8.85. The molecular formula is C19H22N6O4. The van der Waals surface area contributed by atoms with Crippen molar-refractivity contribution in [1.29, 1.82) is 0 Å². The second-order valence-electron chi connectivity index (χ2n) is 6.05. The van der Waals surface area contributed by atoms with Crippen molar-refractivity contribution in [1.82, 2.24) is 24.6 Å². The van der Waals surface area contributed by atoms with Crippen LogP contribution in [0.15, 0.2) is 47.5 Å². The van der Waals surface area contributed by atoms with E-state index < -0.39 is 6.03 Å². The molecule has 29 heavy (non-hydrogen) atoms. The Hall–Kier alpha value is -3.82. The van der Waals surface area contributed by atoms with Crippen molar-refractivity contribution in [2.45, 2.75) is 6.54 Å². The number of benzene rings is 1. The minimum atomic E-state index is -0.437. The molecule has 2 N–H and O–H groups in total.